The van der Waals surface area contributed by atoms with Crippen molar-refractivity contribution in [1.29, 1.82) is 0 Å². The van der Waals surface area contributed by atoms with Crippen molar-refractivity contribution in [2.24, 2.45) is 0 Å². The van der Waals surface area contributed by atoms with E-state index in [1.807, 2.05) is 13.8 Å². The summed E-state index contributed by atoms with van der Waals surface area (Å²) in [6, 6.07) is 11.3. The monoisotopic (exact) mass is 394 g/mol. The van der Waals surface area contributed by atoms with Crippen molar-refractivity contribution in [2.75, 3.05) is 18.1 Å². The topological polar surface area (TPSA) is 84.9 Å². The summed E-state index contributed by atoms with van der Waals surface area (Å²) in [5, 5.41) is 2.23. The minimum atomic E-state index is -0.775. The maximum atomic E-state index is 13.1. The molecule has 150 valence electrons. The smallest absolute Gasteiger partial charge is 0.335 e. The molecule has 0 unspecified atom stereocenters. The molecule has 1 heterocycles. The number of amides is 4. The third-order valence-electron chi connectivity index (χ3n) is 4.35. The van der Waals surface area contributed by atoms with E-state index in [1.165, 1.54) is 6.08 Å². The minimum absolute atomic E-state index is 0.155. The first-order chi connectivity index (χ1) is 14.0. The van der Waals surface area contributed by atoms with Gasteiger partial charge in [-0.2, -0.15) is 0 Å². The first kappa shape index (κ1) is 20.1. The predicted molar refractivity (Wildman–Crippen MR) is 109 cm³/mol. The highest BCUT2D eigenvalue weighted by Crippen LogP contribution is 2.29. The molecule has 7 heteroatoms. The maximum absolute atomic E-state index is 13.1. The van der Waals surface area contributed by atoms with Crippen molar-refractivity contribution in [1.82, 2.24) is 5.32 Å². The Hall–Kier alpha value is -3.61. The molecular formula is C22H22N2O5. The summed E-state index contributed by atoms with van der Waals surface area (Å²) in [5.74, 6) is -0.342. The molecule has 2 aromatic rings. The van der Waals surface area contributed by atoms with Crippen molar-refractivity contribution >= 4 is 29.6 Å². The number of para-hydroxylation sites is 1. The average Bonchev–Trinajstić information content (AvgIpc) is 2.68. The van der Waals surface area contributed by atoms with Crippen LogP contribution in [0.1, 0.15) is 25.0 Å². The number of hydrogen-bond donors (Lipinski definition) is 1. The molecule has 29 heavy (non-hydrogen) atoms. The van der Waals surface area contributed by atoms with E-state index >= 15 is 0 Å². The molecule has 1 saturated heterocycles. The van der Waals surface area contributed by atoms with E-state index in [1.54, 1.807) is 49.4 Å². The number of carbonyl (C=O) groups excluding carboxylic acids is 3. The number of urea groups is 1. The molecule has 1 N–H and O–H groups in total. The van der Waals surface area contributed by atoms with Crippen LogP contribution in [0.15, 0.2) is 48.0 Å². The largest absolute Gasteiger partial charge is 0.494 e. The summed E-state index contributed by atoms with van der Waals surface area (Å²) in [5.41, 5.74) is 1.54. The van der Waals surface area contributed by atoms with Crippen molar-refractivity contribution in [2.45, 2.75) is 20.8 Å². The number of rotatable bonds is 6. The number of carbonyl (C=O) groups is 3. The molecule has 0 spiro atoms. The van der Waals surface area contributed by atoms with Gasteiger partial charge in [0.2, 0.25) is 0 Å². The van der Waals surface area contributed by atoms with Gasteiger partial charge in [-0.1, -0.05) is 18.2 Å². The fourth-order valence-corrected chi connectivity index (χ4v) is 3.02. The molecule has 1 aliphatic heterocycles. The lowest BCUT2D eigenvalue weighted by molar-refractivity contribution is -0.122. The second kappa shape index (κ2) is 8.60. The summed E-state index contributed by atoms with van der Waals surface area (Å²) in [4.78, 5) is 38.8. The molecule has 0 atom stereocenters. The van der Waals surface area contributed by atoms with Gasteiger partial charge in [-0.05, 0) is 50.6 Å². The molecular weight excluding hydrogens is 372 g/mol. The van der Waals surface area contributed by atoms with E-state index in [-0.39, 0.29) is 5.57 Å². The van der Waals surface area contributed by atoms with Crippen LogP contribution in [-0.2, 0) is 9.59 Å². The standard InChI is InChI=1S/C22H22N2O5/c1-4-28-16-11-10-15(19(13-16)29-5-2)12-17-20(25)23-22(27)24(21(17)26)18-9-7-6-8-14(18)3/h6-13H,4-5H2,1-3H3,(H,23,25,27)/b17-12+. The Labute approximate surface area is 168 Å². The quantitative estimate of drug-likeness (QED) is 0.599. The van der Waals surface area contributed by atoms with Crippen LogP contribution in [0.5, 0.6) is 11.5 Å². The first-order valence-electron chi connectivity index (χ1n) is 9.33. The van der Waals surface area contributed by atoms with E-state index in [9.17, 15) is 14.4 Å². The van der Waals surface area contributed by atoms with Gasteiger partial charge in [0.25, 0.3) is 11.8 Å². The van der Waals surface area contributed by atoms with Crippen LogP contribution in [0.2, 0.25) is 0 Å². The van der Waals surface area contributed by atoms with Gasteiger partial charge in [0.15, 0.2) is 0 Å². The number of aryl methyl sites for hydroxylation is 1. The number of benzene rings is 2. The Morgan fingerprint density at radius 1 is 1.00 bits per heavy atom. The lowest BCUT2D eigenvalue weighted by atomic mass is 10.0. The van der Waals surface area contributed by atoms with Crippen molar-refractivity contribution < 1.29 is 23.9 Å². The summed E-state index contributed by atoms with van der Waals surface area (Å²) >= 11 is 0. The van der Waals surface area contributed by atoms with Gasteiger partial charge in [-0.3, -0.25) is 14.9 Å². The summed E-state index contributed by atoms with van der Waals surface area (Å²) in [7, 11) is 0. The Balaban J connectivity index is 2.04. The number of ether oxygens (including phenoxy) is 2. The second-order valence-electron chi connectivity index (χ2n) is 6.31. The van der Waals surface area contributed by atoms with Gasteiger partial charge in [0.05, 0.1) is 18.9 Å². The lowest BCUT2D eigenvalue weighted by Crippen LogP contribution is -2.54. The van der Waals surface area contributed by atoms with Crippen LogP contribution in [0.25, 0.3) is 6.08 Å². The highest BCUT2D eigenvalue weighted by molar-refractivity contribution is 6.39. The van der Waals surface area contributed by atoms with Gasteiger partial charge in [0, 0.05) is 11.6 Å². The Bertz CT molecular complexity index is 996. The number of imide groups is 2. The van der Waals surface area contributed by atoms with Gasteiger partial charge in [-0.15, -0.1) is 0 Å². The molecule has 1 fully saturated rings. The molecule has 0 radical (unpaired) electrons. The van der Waals surface area contributed by atoms with Crippen LogP contribution < -0.4 is 19.7 Å². The second-order valence-corrected chi connectivity index (χ2v) is 6.31. The molecule has 2 aromatic carbocycles. The van der Waals surface area contributed by atoms with Gasteiger partial charge in [-0.25, -0.2) is 9.69 Å². The van der Waals surface area contributed by atoms with Gasteiger partial charge >= 0.3 is 6.03 Å². The first-order valence-corrected chi connectivity index (χ1v) is 9.33. The highest BCUT2D eigenvalue weighted by atomic mass is 16.5. The van der Waals surface area contributed by atoms with Crippen LogP contribution in [0, 0.1) is 6.92 Å². The number of nitrogens with zero attached hydrogens (tertiary/aromatic N) is 1. The Kier molecular flexibility index (Phi) is 5.97. The van der Waals surface area contributed by atoms with E-state index in [4.69, 9.17) is 9.47 Å². The molecule has 0 bridgehead atoms. The van der Waals surface area contributed by atoms with Crippen LogP contribution in [0.4, 0.5) is 10.5 Å². The molecule has 3 rings (SSSR count). The van der Waals surface area contributed by atoms with E-state index in [2.05, 4.69) is 5.32 Å². The van der Waals surface area contributed by atoms with E-state index in [0.717, 1.165) is 10.5 Å². The van der Waals surface area contributed by atoms with Crippen molar-refractivity contribution in [3.05, 3.63) is 59.2 Å². The fourth-order valence-electron chi connectivity index (χ4n) is 3.02. The summed E-state index contributed by atoms with van der Waals surface area (Å²) < 4.78 is 11.1. The minimum Gasteiger partial charge on any atom is -0.494 e. The zero-order valence-corrected chi connectivity index (χ0v) is 16.5. The van der Waals surface area contributed by atoms with Crippen molar-refractivity contribution in [3.63, 3.8) is 0 Å². The molecule has 0 saturated carbocycles. The number of anilines is 1. The predicted octanol–water partition coefficient (Wildman–Crippen LogP) is 3.46. The molecule has 1 aliphatic rings. The number of hydrogen-bond acceptors (Lipinski definition) is 5. The zero-order chi connectivity index (χ0) is 21.0. The van der Waals surface area contributed by atoms with Gasteiger partial charge < -0.3 is 9.47 Å². The van der Waals surface area contributed by atoms with Crippen LogP contribution >= 0.6 is 0 Å². The Morgan fingerprint density at radius 3 is 2.41 bits per heavy atom. The molecule has 4 amide bonds. The third-order valence-corrected chi connectivity index (χ3v) is 4.35. The van der Waals surface area contributed by atoms with Crippen molar-refractivity contribution in [3.8, 4) is 11.5 Å². The lowest BCUT2D eigenvalue weighted by Gasteiger charge is -2.27. The average molecular weight is 394 g/mol. The summed E-state index contributed by atoms with van der Waals surface area (Å²) in [6.45, 7) is 6.40. The Morgan fingerprint density at radius 2 is 1.72 bits per heavy atom. The molecule has 0 aliphatic carbocycles. The zero-order valence-electron chi connectivity index (χ0n) is 16.5. The number of barbiturate groups is 1. The fraction of sp³-hybridized carbons (Fsp3) is 0.227. The van der Waals surface area contributed by atoms with E-state index in [0.29, 0.717) is 36.0 Å². The summed E-state index contributed by atoms with van der Waals surface area (Å²) in [6.07, 6.45) is 1.43. The van der Waals surface area contributed by atoms with Crippen LogP contribution in [0.3, 0.4) is 0 Å². The maximum Gasteiger partial charge on any atom is 0.335 e. The molecule has 0 aromatic heterocycles. The highest BCUT2D eigenvalue weighted by Gasteiger charge is 2.37. The molecule has 7 nitrogen and oxygen atoms in total. The third kappa shape index (κ3) is 4.13. The normalized spacial score (nSPS) is 15.5. The van der Waals surface area contributed by atoms with Gasteiger partial charge in [0.1, 0.15) is 17.1 Å². The number of nitrogens with one attached hydrogen (secondary N) is 1. The van der Waals surface area contributed by atoms with E-state index < -0.39 is 17.8 Å². The SMILES string of the molecule is CCOc1ccc(/C=C2\C(=O)NC(=O)N(c3ccccc3C)C2=O)c(OCC)c1. The van der Waals surface area contributed by atoms with Crippen LogP contribution in [-0.4, -0.2) is 31.1 Å².